The molecular weight excluding hydrogens is 340 g/mol. The summed E-state index contributed by atoms with van der Waals surface area (Å²) in [4.78, 5) is 25.7. The van der Waals surface area contributed by atoms with Crippen LogP contribution in [-0.4, -0.2) is 21.6 Å². The number of aryl methyl sites for hydroxylation is 2. The molecule has 2 N–H and O–H groups in total. The van der Waals surface area contributed by atoms with E-state index in [-0.39, 0.29) is 18.2 Å². The molecule has 2 aliphatic heterocycles. The van der Waals surface area contributed by atoms with Crippen LogP contribution in [-0.2, 0) is 15.0 Å². The molecule has 1 aromatic heterocycles. The lowest BCUT2D eigenvalue weighted by molar-refractivity contribution is -0.125. The Balaban J connectivity index is 1.77. The molecule has 0 saturated carbocycles. The SMILES string of the molecule is Cc1ccc(-n2ncc3c2NC(=O)C[C@@]32C(=O)Nc3ccccc32)c(C)c1. The number of benzene rings is 2. The molecule has 1 spiro atoms. The van der Waals surface area contributed by atoms with Crippen LogP contribution in [0.5, 0.6) is 0 Å². The third kappa shape index (κ3) is 2.04. The highest BCUT2D eigenvalue weighted by molar-refractivity contribution is 6.14. The third-order valence-electron chi connectivity index (χ3n) is 5.52. The largest absolute Gasteiger partial charge is 0.325 e. The zero-order valence-corrected chi connectivity index (χ0v) is 15.0. The van der Waals surface area contributed by atoms with Crippen molar-refractivity contribution in [3.8, 4) is 5.69 Å². The van der Waals surface area contributed by atoms with Gasteiger partial charge in [0.1, 0.15) is 11.2 Å². The molecule has 0 aliphatic carbocycles. The van der Waals surface area contributed by atoms with Crippen LogP contribution in [0.4, 0.5) is 11.5 Å². The van der Waals surface area contributed by atoms with Crippen LogP contribution in [0.1, 0.15) is 28.7 Å². The van der Waals surface area contributed by atoms with E-state index < -0.39 is 5.41 Å². The minimum atomic E-state index is -1.04. The number of carbonyl (C=O) groups is 2. The monoisotopic (exact) mass is 358 g/mol. The first-order valence-electron chi connectivity index (χ1n) is 8.87. The number of hydrogen-bond acceptors (Lipinski definition) is 3. The fraction of sp³-hybridized carbons (Fsp3) is 0.190. The summed E-state index contributed by atoms with van der Waals surface area (Å²) in [7, 11) is 0. The van der Waals surface area contributed by atoms with Crippen molar-refractivity contribution < 1.29 is 9.59 Å². The second kappa shape index (κ2) is 5.30. The van der Waals surface area contributed by atoms with Crippen molar-refractivity contribution in [3.05, 3.63) is 70.9 Å². The van der Waals surface area contributed by atoms with Crippen molar-refractivity contribution in [2.24, 2.45) is 0 Å². The van der Waals surface area contributed by atoms with Gasteiger partial charge in [0.2, 0.25) is 11.8 Å². The van der Waals surface area contributed by atoms with Crippen LogP contribution < -0.4 is 10.6 Å². The van der Waals surface area contributed by atoms with E-state index in [1.807, 2.05) is 50.2 Å². The number of amides is 2. The second-order valence-electron chi connectivity index (χ2n) is 7.24. The van der Waals surface area contributed by atoms with Crippen LogP contribution in [0.25, 0.3) is 5.69 Å². The van der Waals surface area contributed by atoms with Crippen LogP contribution in [0, 0.1) is 13.8 Å². The van der Waals surface area contributed by atoms with Gasteiger partial charge in [-0.2, -0.15) is 5.10 Å². The van der Waals surface area contributed by atoms with Crippen LogP contribution >= 0.6 is 0 Å². The van der Waals surface area contributed by atoms with E-state index in [1.165, 1.54) is 0 Å². The Hall–Kier alpha value is -3.41. The van der Waals surface area contributed by atoms with Gasteiger partial charge in [0.05, 0.1) is 11.9 Å². The molecule has 2 amide bonds. The molecule has 0 unspecified atom stereocenters. The maximum Gasteiger partial charge on any atom is 0.240 e. The summed E-state index contributed by atoms with van der Waals surface area (Å²) in [5.41, 5.74) is 4.35. The number of aromatic nitrogens is 2. The topological polar surface area (TPSA) is 76.0 Å². The van der Waals surface area contributed by atoms with E-state index in [2.05, 4.69) is 21.8 Å². The molecule has 3 heterocycles. The summed E-state index contributed by atoms with van der Waals surface area (Å²) in [5.74, 6) is 0.186. The molecule has 0 bridgehead atoms. The van der Waals surface area contributed by atoms with Gasteiger partial charge in [0.15, 0.2) is 0 Å². The van der Waals surface area contributed by atoms with Crippen molar-refractivity contribution >= 4 is 23.3 Å². The Morgan fingerprint density at radius 2 is 1.85 bits per heavy atom. The molecule has 6 heteroatoms. The first kappa shape index (κ1) is 15.8. The van der Waals surface area contributed by atoms with Gasteiger partial charge in [-0.25, -0.2) is 4.68 Å². The molecule has 6 nitrogen and oxygen atoms in total. The van der Waals surface area contributed by atoms with E-state index in [9.17, 15) is 9.59 Å². The minimum Gasteiger partial charge on any atom is -0.325 e. The van der Waals surface area contributed by atoms with Crippen molar-refractivity contribution in [1.29, 1.82) is 0 Å². The van der Waals surface area contributed by atoms with Crippen molar-refractivity contribution in [1.82, 2.24) is 9.78 Å². The standard InChI is InChI=1S/C21H18N4O2/c1-12-7-8-17(13(2)9-12)25-19-15(11-22-25)21(10-18(26)24-19)14-5-3-4-6-16(14)23-20(21)27/h3-9,11H,10H2,1-2H3,(H,23,27)(H,24,26)/t21-/m0/s1. The number of anilines is 2. The summed E-state index contributed by atoms with van der Waals surface area (Å²) in [6.45, 7) is 4.04. The first-order valence-corrected chi connectivity index (χ1v) is 8.87. The van der Waals surface area contributed by atoms with Gasteiger partial charge in [0, 0.05) is 17.7 Å². The molecule has 1 atom stereocenters. The van der Waals surface area contributed by atoms with Gasteiger partial charge < -0.3 is 10.6 Å². The molecule has 5 rings (SSSR count). The number of rotatable bonds is 1. The van der Waals surface area contributed by atoms with Gasteiger partial charge in [0.25, 0.3) is 0 Å². The number of fused-ring (bicyclic) bond motifs is 4. The number of hydrogen-bond donors (Lipinski definition) is 2. The average Bonchev–Trinajstić information content (AvgIpc) is 3.16. The van der Waals surface area contributed by atoms with Crippen LogP contribution in [0.3, 0.4) is 0 Å². The number of para-hydroxylation sites is 1. The Morgan fingerprint density at radius 3 is 2.67 bits per heavy atom. The van der Waals surface area contributed by atoms with Gasteiger partial charge in [-0.1, -0.05) is 35.9 Å². The van der Waals surface area contributed by atoms with E-state index in [0.29, 0.717) is 5.82 Å². The van der Waals surface area contributed by atoms with E-state index in [4.69, 9.17) is 0 Å². The fourth-order valence-electron chi connectivity index (χ4n) is 4.28. The molecule has 0 saturated heterocycles. The Bertz CT molecular complexity index is 1130. The van der Waals surface area contributed by atoms with E-state index in [1.54, 1.807) is 10.9 Å². The summed E-state index contributed by atoms with van der Waals surface area (Å²) >= 11 is 0. The van der Waals surface area contributed by atoms with Gasteiger partial charge in [-0.15, -0.1) is 0 Å². The Morgan fingerprint density at radius 1 is 1.04 bits per heavy atom. The van der Waals surface area contributed by atoms with Crippen molar-refractivity contribution in [3.63, 3.8) is 0 Å². The molecule has 0 radical (unpaired) electrons. The maximum atomic E-state index is 13.0. The quantitative estimate of drug-likeness (QED) is 0.702. The number of nitrogens with one attached hydrogen (secondary N) is 2. The fourth-order valence-corrected chi connectivity index (χ4v) is 4.28. The molecular formula is C21H18N4O2. The number of nitrogens with zero attached hydrogens (tertiary/aromatic N) is 2. The lowest BCUT2D eigenvalue weighted by Crippen LogP contribution is -2.43. The normalized spacial score (nSPS) is 20.2. The predicted octanol–water partition coefficient (Wildman–Crippen LogP) is 3.07. The Labute approximate surface area is 156 Å². The highest BCUT2D eigenvalue weighted by atomic mass is 16.2. The summed E-state index contributed by atoms with van der Waals surface area (Å²) in [6, 6.07) is 13.6. The minimum absolute atomic E-state index is 0.0709. The average molecular weight is 358 g/mol. The number of carbonyl (C=O) groups excluding carboxylic acids is 2. The summed E-state index contributed by atoms with van der Waals surface area (Å²) in [6.07, 6.45) is 1.77. The zero-order valence-electron chi connectivity index (χ0n) is 15.0. The zero-order chi connectivity index (χ0) is 18.8. The van der Waals surface area contributed by atoms with E-state index in [0.717, 1.165) is 33.6 Å². The second-order valence-corrected chi connectivity index (χ2v) is 7.24. The maximum absolute atomic E-state index is 13.0. The third-order valence-corrected chi connectivity index (χ3v) is 5.52. The molecule has 27 heavy (non-hydrogen) atoms. The van der Waals surface area contributed by atoms with Crippen LogP contribution in [0.15, 0.2) is 48.7 Å². The smallest absolute Gasteiger partial charge is 0.240 e. The lowest BCUT2D eigenvalue weighted by atomic mass is 9.72. The van der Waals surface area contributed by atoms with Crippen molar-refractivity contribution in [2.45, 2.75) is 25.7 Å². The first-order chi connectivity index (χ1) is 13.0. The Kier molecular flexibility index (Phi) is 3.10. The van der Waals surface area contributed by atoms with Crippen LogP contribution in [0.2, 0.25) is 0 Å². The van der Waals surface area contributed by atoms with Gasteiger partial charge >= 0.3 is 0 Å². The molecule has 134 valence electrons. The van der Waals surface area contributed by atoms with Gasteiger partial charge in [-0.05, 0) is 37.1 Å². The summed E-state index contributed by atoms with van der Waals surface area (Å²) in [5, 5.41) is 10.4. The summed E-state index contributed by atoms with van der Waals surface area (Å²) < 4.78 is 1.72. The highest BCUT2D eigenvalue weighted by Crippen LogP contribution is 2.50. The van der Waals surface area contributed by atoms with Gasteiger partial charge in [-0.3, -0.25) is 9.59 Å². The highest BCUT2D eigenvalue weighted by Gasteiger charge is 2.54. The lowest BCUT2D eigenvalue weighted by Gasteiger charge is -2.31. The molecule has 3 aromatic rings. The van der Waals surface area contributed by atoms with E-state index >= 15 is 0 Å². The van der Waals surface area contributed by atoms with Crippen molar-refractivity contribution in [2.75, 3.05) is 10.6 Å². The molecule has 2 aliphatic rings. The molecule has 2 aromatic carbocycles. The molecule has 0 fully saturated rings. The predicted molar refractivity (Wildman–Crippen MR) is 102 cm³/mol.